The minimum atomic E-state index is 0.196. The van der Waals surface area contributed by atoms with Crippen LogP contribution in [0.15, 0.2) is 54.6 Å². The molecule has 0 unspecified atom stereocenters. The normalized spacial score (nSPS) is 16.5. The van der Waals surface area contributed by atoms with Crippen LogP contribution in [0.4, 0.5) is 0 Å². The van der Waals surface area contributed by atoms with Gasteiger partial charge in [0.2, 0.25) is 5.91 Å². The number of benzene rings is 2. The van der Waals surface area contributed by atoms with E-state index in [-0.39, 0.29) is 6.04 Å². The van der Waals surface area contributed by atoms with Crippen molar-refractivity contribution in [3.8, 4) is 0 Å². The largest absolute Gasteiger partial charge is 0.340 e. The topological polar surface area (TPSA) is 23.6 Å². The average Bonchev–Trinajstić information content (AvgIpc) is 2.69. The number of halogens is 1. The van der Waals surface area contributed by atoms with Gasteiger partial charge in [0.05, 0.1) is 6.04 Å². The predicted octanol–water partition coefficient (Wildman–Crippen LogP) is 4.76. The molecule has 3 nitrogen and oxygen atoms in total. The van der Waals surface area contributed by atoms with Crippen molar-refractivity contribution in [2.75, 3.05) is 26.2 Å². The van der Waals surface area contributed by atoms with Crippen molar-refractivity contribution in [3.05, 3.63) is 70.7 Å². The summed E-state index contributed by atoms with van der Waals surface area (Å²) in [6, 6.07) is 18.9. The third-order valence-electron chi connectivity index (χ3n) is 5.08. The van der Waals surface area contributed by atoms with E-state index in [4.69, 9.17) is 11.6 Å². The second-order valence-corrected chi connectivity index (χ2v) is 7.32. The molecule has 138 valence electrons. The molecule has 0 N–H and O–H groups in total. The fraction of sp³-hybridized carbons (Fsp3) is 0.409. The maximum absolute atomic E-state index is 12.3. The minimum absolute atomic E-state index is 0.196. The van der Waals surface area contributed by atoms with Crippen LogP contribution in [0, 0.1) is 0 Å². The first-order valence-corrected chi connectivity index (χ1v) is 9.89. The van der Waals surface area contributed by atoms with E-state index in [9.17, 15) is 4.79 Å². The van der Waals surface area contributed by atoms with Crippen LogP contribution in [0.3, 0.4) is 0 Å². The number of carbonyl (C=O) groups excluding carboxylic acids is 1. The van der Waals surface area contributed by atoms with E-state index in [1.54, 1.807) is 0 Å². The third-order valence-corrected chi connectivity index (χ3v) is 5.33. The Morgan fingerprint density at radius 2 is 1.58 bits per heavy atom. The van der Waals surface area contributed by atoms with Gasteiger partial charge in [0, 0.05) is 37.6 Å². The number of unbranched alkanes of at least 4 members (excludes halogenated alkanes) is 1. The Hall–Kier alpha value is -1.84. The van der Waals surface area contributed by atoms with E-state index in [1.165, 1.54) is 11.1 Å². The van der Waals surface area contributed by atoms with Gasteiger partial charge in [-0.1, -0.05) is 67.4 Å². The Morgan fingerprint density at radius 3 is 2.19 bits per heavy atom. The van der Waals surface area contributed by atoms with Crippen molar-refractivity contribution in [3.63, 3.8) is 0 Å². The number of carbonyl (C=O) groups is 1. The zero-order valence-corrected chi connectivity index (χ0v) is 16.2. The lowest BCUT2D eigenvalue weighted by molar-refractivity contribution is -0.133. The van der Waals surface area contributed by atoms with Crippen molar-refractivity contribution >= 4 is 17.5 Å². The van der Waals surface area contributed by atoms with E-state index in [2.05, 4.69) is 48.2 Å². The molecule has 1 aliphatic rings. The van der Waals surface area contributed by atoms with Crippen molar-refractivity contribution < 1.29 is 4.79 Å². The predicted molar refractivity (Wildman–Crippen MR) is 107 cm³/mol. The van der Waals surface area contributed by atoms with Gasteiger partial charge >= 0.3 is 0 Å². The van der Waals surface area contributed by atoms with Gasteiger partial charge in [-0.3, -0.25) is 9.69 Å². The lowest BCUT2D eigenvalue weighted by Crippen LogP contribution is -2.49. The lowest BCUT2D eigenvalue weighted by Gasteiger charge is -2.40. The molecule has 1 fully saturated rings. The molecule has 0 aromatic heterocycles. The highest BCUT2D eigenvalue weighted by molar-refractivity contribution is 6.30. The standard InChI is InChI=1S/C22H27ClN2O/c1-2-3-9-21(26)24-14-16-25(17-15-24)22(18-7-5-4-6-8-18)19-10-12-20(23)13-11-19/h4-8,10-13,22H,2-3,9,14-17H2,1H3/t22-/m1/s1. The number of nitrogens with zero attached hydrogens (tertiary/aromatic N) is 2. The highest BCUT2D eigenvalue weighted by Gasteiger charge is 2.27. The zero-order chi connectivity index (χ0) is 18.4. The summed E-state index contributed by atoms with van der Waals surface area (Å²) in [4.78, 5) is 16.8. The van der Waals surface area contributed by atoms with Gasteiger partial charge in [-0.25, -0.2) is 0 Å². The van der Waals surface area contributed by atoms with E-state index >= 15 is 0 Å². The number of rotatable bonds is 6. The van der Waals surface area contributed by atoms with Crippen molar-refractivity contribution in [2.45, 2.75) is 32.2 Å². The second-order valence-electron chi connectivity index (χ2n) is 6.89. The van der Waals surface area contributed by atoms with Gasteiger partial charge in [0.15, 0.2) is 0 Å². The summed E-state index contributed by atoms with van der Waals surface area (Å²) in [5, 5.41) is 0.756. The van der Waals surface area contributed by atoms with E-state index < -0.39 is 0 Å². The summed E-state index contributed by atoms with van der Waals surface area (Å²) in [5.74, 6) is 0.300. The summed E-state index contributed by atoms with van der Waals surface area (Å²) in [7, 11) is 0. The second kappa shape index (κ2) is 9.20. The molecule has 0 aliphatic carbocycles. The molecule has 26 heavy (non-hydrogen) atoms. The van der Waals surface area contributed by atoms with Gasteiger partial charge in [-0.15, -0.1) is 0 Å². The summed E-state index contributed by atoms with van der Waals surface area (Å²) in [5.41, 5.74) is 2.52. The van der Waals surface area contributed by atoms with E-state index in [0.29, 0.717) is 12.3 Å². The lowest BCUT2D eigenvalue weighted by atomic mass is 9.96. The van der Waals surface area contributed by atoms with Crippen LogP contribution in [0.2, 0.25) is 5.02 Å². The Bertz CT molecular complexity index is 694. The highest BCUT2D eigenvalue weighted by Crippen LogP contribution is 2.30. The van der Waals surface area contributed by atoms with Crippen LogP contribution in [-0.2, 0) is 4.79 Å². The molecule has 0 radical (unpaired) electrons. The van der Waals surface area contributed by atoms with Crippen LogP contribution >= 0.6 is 11.6 Å². The number of hydrogen-bond donors (Lipinski definition) is 0. The smallest absolute Gasteiger partial charge is 0.222 e. The zero-order valence-electron chi connectivity index (χ0n) is 15.4. The maximum Gasteiger partial charge on any atom is 0.222 e. The van der Waals surface area contributed by atoms with Gasteiger partial charge in [-0.2, -0.15) is 0 Å². The van der Waals surface area contributed by atoms with Crippen LogP contribution < -0.4 is 0 Å². The Kier molecular flexibility index (Phi) is 6.70. The molecule has 2 aromatic rings. The molecule has 0 spiro atoms. The number of amides is 1. The first kappa shape index (κ1) is 18.9. The van der Waals surface area contributed by atoms with Crippen molar-refractivity contribution in [1.82, 2.24) is 9.80 Å². The van der Waals surface area contributed by atoms with E-state index in [0.717, 1.165) is 44.0 Å². The molecule has 1 heterocycles. The van der Waals surface area contributed by atoms with Gasteiger partial charge in [0.1, 0.15) is 0 Å². The van der Waals surface area contributed by atoms with E-state index in [1.807, 2.05) is 23.1 Å². The molecule has 1 atom stereocenters. The SMILES string of the molecule is CCCCC(=O)N1CCN([C@H](c2ccccc2)c2ccc(Cl)cc2)CC1. The fourth-order valence-corrected chi connectivity index (χ4v) is 3.74. The van der Waals surface area contributed by atoms with Crippen molar-refractivity contribution in [2.24, 2.45) is 0 Å². The first-order chi connectivity index (χ1) is 12.7. The summed E-state index contributed by atoms with van der Waals surface area (Å²) in [6.45, 7) is 5.51. The molecule has 0 bridgehead atoms. The molecule has 0 saturated carbocycles. The molecule has 1 saturated heterocycles. The van der Waals surface area contributed by atoms with Gasteiger partial charge in [0.25, 0.3) is 0 Å². The minimum Gasteiger partial charge on any atom is -0.340 e. The fourth-order valence-electron chi connectivity index (χ4n) is 3.61. The monoisotopic (exact) mass is 370 g/mol. The quantitative estimate of drug-likeness (QED) is 0.731. The molecular formula is C22H27ClN2O. The van der Waals surface area contributed by atoms with Crippen LogP contribution in [0.1, 0.15) is 43.4 Å². The first-order valence-electron chi connectivity index (χ1n) is 9.51. The molecule has 1 aliphatic heterocycles. The van der Waals surface area contributed by atoms with Crippen molar-refractivity contribution in [1.29, 1.82) is 0 Å². The summed E-state index contributed by atoms with van der Waals surface area (Å²) in [6.07, 6.45) is 2.73. The molecule has 3 rings (SSSR count). The Morgan fingerprint density at radius 1 is 0.962 bits per heavy atom. The summed E-state index contributed by atoms with van der Waals surface area (Å²) >= 11 is 6.09. The Labute approximate surface area is 161 Å². The van der Waals surface area contributed by atoms with Crippen LogP contribution in [0.5, 0.6) is 0 Å². The Balaban J connectivity index is 1.75. The van der Waals surface area contributed by atoms with Crippen LogP contribution in [-0.4, -0.2) is 41.9 Å². The van der Waals surface area contributed by atoms with Gasteiger partial charge in [-0.05, 0) is 29.7 Å². The molecule has 4 heteroatoms. The number of piperazine rings is 1. The molecular weight excluding hydrogens is 344 g/mol. The summed E-state index contributed by atoms with van der Waals surface area (Å²) < 4.78 is 0. The number of hydrogen-bond acceptors (Lipinski definition) is 2. The van der Waals surface area contributed by atoms with Crippen LogP contribution in [0.25, 0.3) is 0 Å². The molecule has 1 amide bonds. The maximum atomic E-state index is 12.3. The third kappa shape index (κ3) is 4.66. The van der Waals surface area contributed by atoms with Gasteiger partial charge < -0.3 is 4.90 Å². The molecule has 2 aromatic carbocycles. The highest BCUT2D eigenvalue weighted by atomic mass is 35.5. The average molecular weight is 371 g/mol.